The Bertz CT molecular complexity index is 1020. The Hall–Kier alpha value is -2.90. The third-order valence-corrected chi connectivity index (χ3v) is 5.21. The predicted molar refractivity (Wildman–Crippen MR) is 109 cm³/mol. The summed E-state index contributed by atoms with van der Waals surface area (Å²) in [4.78, 5) is 39.9. The number of esters is 1. The van der Waals surface area contributed by atoms with Gasteiger partial charge in [0.25, 0.3) is 5.91 Å². The number of anilines is 2. The number of carbonyl (C=O) groups is 3. The van der Waals surface area contributed by atoms with Gasteiger partial charge in [-0.15, -0.1) is 0 Å². The number of ether oxygens (including phenoxy) is 1. The SMILES string of the molecule is CCOC(=O)C1=NN(c2ccc(Cl)cc2)[C@@H]2C(=O)N(c3ccc(Cl)cc3)C(=O)[C@H]12. The number of hydrazone groups is 1. The van der Waals surface area contributed by atoms with Gasteiger partial charge in [0.1, 0.15) is 12.0 Å². The molecule has 2 aromatic rings. The zero-order valence-corrected chi connectivity index (χ0v) is 16.7. The van der Waals surface area contributed by atoms with E-state index < -0.39 is 29.7 Å². The number of carbonyl (C=O) groups excluding carboxylic acids is 3. The van der Waals surface area contributed by atoms with Gasteiger partial charge in [0.15, 0.2) is 5.71 Å². The Morgan fingerprint density at radius 1 is 0.966 bits per heavy atom. The molecule has 2 heterocycles. The topological polar surface area (TPSA) is 79.3 Å². The van der Waals surface area contributed by atoms with Gasteiger partial charge in [-0.05, 0) is 55.5 Å². The molecule has 2 atom stereocenters. The fourth-order valence-corrected chi connectivity index (χ4v) is 3.69. The second-order valence-electron chi connectivity index (χ2n) is 6.44. The molecule has 148 valence electrons. The van der Waals surface area contributed by atoms with E-state index in [0.717, 1.165) is 4.90 Å². The van der Waals surface area contributed by atoms with Gasteiger partial charge in [-0.3, -0.25) is 14.6 Å². The molecule has 0 aromatic heterocycles. The van der Waals surface area contributed by atoms with Gasteiger partial charge in [0.2, 0.25) is 5.91 Å². The fourth-order valence-electron chi connectivity index (χ4n) is 3.44. The van der Waals surface area contributed by atoms with Crippen LogP contribution in [0.1, 0.15) is 6.92 Å². The lowest BCUT2D eigenvalue weighted by Gasteiger charge is -2.22. The van der Waals surface area contributed by atoms with E-state index in [1.165, 1.54) is 5.01 Å². The van der Waals surface area contributed by atoms with Gasteiger partial charge in [0, 0.05) is 10.0 Å². The fraction of sp³-hybridized carbons (Fsp3) is 0.200. The van der Waals surface area contributed by atoms with E-state index in [1.54, 1.807) is 55.5 Å². The van der Waals surface area contributed by atoms with Crippen LogP contribution in [0.3, 0.4) is 0 Å². The molecule has 0 radical (unpaired) electrons. The monoisotopic (exact) mass is 431 g/mol. The predicted octanol–water partition coefficient (Wildman–Crippen LogP) is 3.29. The van der Waals surface area contributed by atoms with Crippen molar-refractivity contribution < 1.29 is 19.1 Å². The minimum atomic E-state index is -1.06. The van der Waals surface area contributed by atoms with Crippen LogP contribution >= 0.6 is 23.2 Å². The van der Waals surface area contributed by atoms with E-state index in [2.05, 4.69) is 5.10 Å². The molecular formula is C20H15Cl2N3O4. The molecule has 9 heteroatoms. The molecule has 2 amide bonds. The van der Waals surface area contributed by atoms with Crippen molar-refractivity contribution in [3.63, 3.8) is 0 Å². The van der Waals surface area contributed by atoms with E-state index in [9.17, 15) is 14.4 Å². The second kappa shape index (κ2) is 7.50. The summed E-state index contributed by atoms with van der Waals surface area (Å²) in [5.74, 6) is -2.81. The number of fused-ring (bicyclic) bond motifs is 1. The maximum atomic E-state index is 13.2. The highest BCUT2D eigenvalue weighted by Crippen LogP contribution is 2.38. The first-order valence-corrected chi connectivity index (χ1v) is 9.61. The van der Waals surface area contributed by atoms with Gasteiger partial charge in [0.05, 0.1) is 18.0 Å². The minimum absolute atomic E-state index is 0.0957. The van der Waals surface area contributed by atoms with E-state index in [1.807, 2.05) is 0 Å². The summed E-state index contributed by atoms with van der Waals surface area (Å²) in [5.41, 5.74) is 0.808. The van der Waals surface area contributed by atoms with Gasteiger partial charge < -0.3 is 4.74 Å². The average Bonchev–Trinajstić information content (AvgIpc) is 3.21. The number of nitrogens with zero attached hydrogens (tertiary/aromatic N) is 3. The lowest BCUT2D eigenvalue weighted by molar-refractivity contribution is -0.136. The second-order valence-corrected chi connectivity index (χ2v) is 7.31. The molecule has 29 heavy (non-hydrogen) atoms. The summed E-state index contributed by atoms with van der Waals surface area (Å²) >= 11 is 11.9. The van der Waals surface area contributed by atoms with Crippen molar-refractivity contribution >= 4 is 58.1 Å². The Balaban J connectivity index is 1.78. The lowest BCUT2D eigenvalue weighted by atomic mass is 9.98. The number of amides is 2. The molecule has 1 saturated heterocycles. The van der Waals surface area contributed by atoms with E-state index in [0.29, 0.717) is 21.4 Å². The molecule has 0 bridgehead atoms. The van der Waals surface area contributed by atoms with Crippen molar-refractivity contribution in [2.24, 2.45) is 11.0 Å². The highest BCUT2D eigenvalue weighted by molar-refractivity contribution is 6.47. The van der Waals surface area contributed by atoms with Crippen molar-refractivity contribution in [2.75, 3.05) is 16.5 Å². The maximum Gasteiger partial charge on any atom is 0.355 e. The molecule has 1 fully saturated rings. The number of hydrogen-bond donors (Lipinski definition) is 0. The number of halogens is 2. The van der Waals surface area contributed by atoms with Crippen LogP contribution in [-0.2, 0) is 19.1 Å². The summed E-state index contributed by atoms with van der Waals surface area (Å²) in [6.07, 6.45) is 0. The number of imide groups is 1. The molecule has 7 nitrogen and oxygen atoms in total. The Morgan fingerprint density at radius 3 is 2.07 bits per heavy atom. The molecule has 4 rings (SSSR count). The molecule has 2 aliphatic rings. The molecular weight excluding hydrogens is 417 g/mol. The summed E-state index contributed by atoms with van der Waals surface area (Å²) in [5, 5.41) is 6.64. The Kier molecular flexibility index (Phi) is 5.02. The Labute approximate surface area is 176 Å². The third kappa shape index (κ3) is 3.26. The minimum Gasteiger partial charge on any atom is -0.461 e. The van der Waals surface area contributed by atoms with Crippen LogP contribution in [0.4, 0.5) is 11.4 Å². The maximum absolute atomic E-state index is 13.2. The first-order chi connectivity index (χ1) is 13.9. The van der Waals surface area contributed by atoms with Crippen LogP contribution in [0.25, 0.3) is 0 Å². The van der Waals surface area contributed by atoms with Gasteiger partial charge >= 0.3 is 5.97 Å². The molecule has 0 spiro atoms. The highest BCUT2D eigenvalue weighted by Gasteiger charge is 2.59. The number of hydrogen-bond acceptors (Lipinski definition) is 6. The van der Waals surface area contributed by atoms with Gasteiger partial charge in [-0.1, -0.05) is 23.2 Å². The molecule has 0 N–H and O–H groups in total. The van der Waals surface area contributed by atoms with Crippen LogP contribution in [0, 0.1) is 5.92 Å². The van der Waals surface area contributed by atoms with Gasteiger partial charge in [-0.2, -0.15) is 5.10 Å². The van der Waals surface area contributed by atoms with Crippen molar-refractivity contribution in [1.82, 2.24) is 0 Å². The van der Waals surface area contributed by atoms with E-state index in [-0.39, 0.29) is 12.3 Å². The number of rotatable bonds is 4. The quantitative estimate of drug-likeness (QED) is 0.547. The summed E-state index contributed by atoms with van der Waals surface area (Å²) in [7, 11) is 0. The van der Waals surface area contributed by atoms with Crippen molar-refractivity contribution in [1.29, 1.82) is 0 Å². The first kappa shape index (κ1) is 19.4. The van der Waals surface area contributed by atoms with Crippen LogP contribution in [0.2, 0.25) is 10.0 Å². The van der Waals surface area contributed by atoms with Crippen LogP contribution in [0.5, 0.6) is 0 Å². The van der Waals surface area contributed by atoms with E-state index >= 15 is 0 Å². The number of benzene rings is 2. The van der Waals surface area contributed by atoms with Gasteiger partial charge in [-0.25, -0.2) is 9.69 Å². The third-order valence-electron chi connectivity index (χ3n) is 4.71. The van der Waals surface area contributed by atoms with Crippen LogP contribution in [0.15, 0.2) is 53.6 Å². The molecule has 2 aromatic carbocycles. The Morgan fingerprint density at radius 2 is 1.52 bits per heavy atom. The molecule has 0 unspecified atom stereocenters. The van der Waals surface area contributed by atoms with Crippen molar-refractivity contribution in [3.8, 4) is 0 Å². The zero-order valence-electron chi connectivity index (χ0n) is 15.2. The van der Waals surface area contributed by atoms with Crippen molar-refractivity contribution in [3.05, 3.63) is 58.6 Å². The normalized spacial score (nSPS) is 20.7. The first-order valence-electron chi connectivity index (χ1n) is 8.86. The largest absolute Gasteiger partial charge is 0.461 e. The van der Waals surface area contributed by atoms with E-state index in [4.69, 9.17) is 27.9 Å². The molecule has 0 aliphatic carbocycles. The summed E-state index contributed by atoms with van der Waals surface area (Å²) in [6, 6.07) is 12.0. The lowest BCUT2D eigenvalue weighted by Crippen LogP contribution is -2.39. The van der Waals surface area contributed by atoms with Crippen LogP contribution in [-0.4, -0.2) is 36.1 Å². The summed E-state index contributed by atoms with van der Waals surface area (Å²) < 4.78 is 5.06. The van der Waals surface area contributed by atoms with Crippen LogP contribution < -0.4 is 9.91 Å². The standard InChI is InChI=1S/C20H15Cl2N3O4/c1-2-29-20(28)16-15-17(25(23-16)14-9-5-12(22)6-10-14)19(27)24(18(15)26)13-7-3-11(21)4-8-13/h3-10,15,17H,2H2,1H3/t15-,17+/m1/s1. The molecule has 0 saturated carbocycles. The van der Waals surface area contributed by atoms with Crippen molar-refractivity contribution in [2.45, 2.75) is 13.0 Å². The smallest absolute Gasteiger partial charge is 0.355 e. The zero-order chi connectivity index (χ0) is 20.7. The summed E-state index contributed by atoms with van der Waals surface area (Å²) in [6.45, 7) is 1.78. The highest BCUT2D eigenvalue weighted by atomic mass is 35.5. The molecule has 2 aliphatic heterocycles. The average molecular weight is 432 g/mol.